The fourth-order valence-electron chi connectivity index (χ4n) is 3.39. The number of hydrogen-bond acceptors (Lipinski definition) is 6. The maximum Gasteiger partial charge on any atom is 0.141 e. The SMILES string of the molecule is Cc1sc2ncnc(N3CCCCC3Cn3cncn3)c2c1C. The van der Waals surface area contributed by atoms with Gasteiger partial charge in [-0.15, -0.1) is 11.3 Å². The molecule has 0 aromatic carbocycles. The first-order valence-corrected chi connectivity index (χ1v) is 8.85. The summed E-state index contributed by atoms with van der Waals surface area (Å²) >= 11 is 1.76. The second-order valence-electron chi connectivity index (χ2n) is 6.12. The standard InChI is InChI=1S/C16H20N6S/c1-11-12(2)23-16-14(11)15(18-9-19-16)22-6-4-3-5-13(22)7-21-10-17-8-20-21/h8-10,13H,3-7H2,1-2H3. The van der Waals surface area contributed by atoms with Gasteiger partial charge in [-0.2, -0.15) is 5.10 Å². The molecule has 0 aliphatic carbocycles. The predicted octanol–water partition coefficient (Wildman–Crippen LogP) is 2.96. The Bertz CT molecular complexity index is 809. The van der Waals surface area contributed by atoms with Crippen molar-refractivity contribution < 1.29 is 0 Å². The van der Waals surface area contributed by atoms with Gasteiger partial charge in [0.15, 0.2) is 0 Å². The van der Waals surface area contributed by atoms with Gasteiger partial charge < -0.3 is 4.90 Å². The highest BCUT2D eigenvalue weighted by Crippen LogP contribution is 2.36. The number of hydrogen-bond donors (Lipinski definition) is 0. The summed E-state index contributed by atoms with van der Waals surface area (Å²) in [6.07, 6.45) is 8.72. The van der Waals surface area contributed by atoms with Crippen LogP contribution in [0.15, 0.2) is 19.0 Å². The molecule has 1 unspecified atom stereocenters. The molecule has 120 valence electrons. The summed E-state index contributed by atoms with van der Waals surface area (Å²) in [5, 5.41) is 5.49. The van der Waals surface area contributed by atoms with E-state index in [1.165, 1.54) is 28.7 Å². The van der Waals surface area contributed by atoms with Gasteiger partial charge in [0.05, 0.1) is 18.0 Å². The van der Waals surface area contributed by atoms with Gasteiger partial charge in [0, 0.05) is 11.4 Å². The summed E-state index contributed by atoms with van der Waals surface area (Å²) in [5.41, 5.74) is 1.31. The quantitative estimate of drug-likeness (QED) is 0.740. The molecule has 4 heterocycles. The Morgan fingerprint density at radius 3 is 2.96 bits per heavy atom. The van der Waals surface area contributed by atoms with Crippen LogP contribution in [0.25, 0.3) is 10.2 Å². The van der Waals surface area contributed by atoms with E-state index in [9.17, 15) is 0 Å². The Balaban J connectivity index is 1.75. The fraction of sp³-hybridized carbons (Fsp3) is 0.500. The van der Waals surface area contributed by atoms with Crippen molar-refractivity contribution in [2.45, 2.75) is 45.7 Å². The molecule has 1 fully saturated rings. The molecule has 3 aromatic heterocycles. The molecule has 23 heavy (non-hydrogen) atoms. The van der Waals surface area contributed by atoms with Crippen LogP contribution in [-0.4, -0.2) is 37.3 Å². The van der Waals surface area contributed by atoms with E-state index in [-0.39, 0.29) is 0 Å². The molecule has 0 spiro atoms. The summed E-state index contributed by atoms with van der Waals surface area (Å²) in [5.74, 6) is 1.08. The third-order valence-electron chi connectivity index (χ3n) is 4.71. The molecule has 6 nitrogen and oxygen atoms in total. The van der Waals surface area contributed by atoms with Gasteiger partial charge >= 0.3 is 0 Å². The minimum Gasteiger partial charge on any atom is -0.351 e. The van der Waals surface area contributed by atoms with Crippen molar-refractivity contribution >= 4 is 27.4 Å². The number of fused-ring (bicyclic) bond motifs is 1. The maximum absolute atomic E-state index is 4.66. The van der Waals surface area contributed by atoms with Crippen LogP contribution in [0.3, 0.4) is 0 Å². The van der Waals surface area contributed by atoms with E-state index in [1.807, 2.05) is 4.68 Å². The van der Waals surface area contributed by atoms with E-state index in [1.54, 1.807) is 30.3 Å². The zero-order valence-electron chi connectivity index (χ0n) is 13.4. The topological polar surface area (TPSA) is 59.7 Å². The van der Waals surface area contributed by atoms with Gasteiger partial charge in [-0.25, -0.2) is 15.0 Å². The Morgan fingerprint density at radius 1 is 1.22 bits per heavy atom. The van der Waals surface area contributed by atoms with Crippen molar-refractivity contribution in [1.82, 2.24) is 24.7 Å². The number of thiophene rings is 1. The number of nitrogens with zero attached hydrogens (tertiary/aromatic N) is 6. The highest BCUT2D eigenvalue weighted by Gasteiger charge is 2.27. The molecule has 0 amide bonds. The zero-order valence-corrected chi connectivity index (χ0v) is 14.3. The maximum atomic E-state index is 4.66. The number of anilines is 1. The van der Waals surface area contributed by atoms with Crippen LogP contribution < -0.4 is 4.90 Å². The number of aromatic nitrogens is 5. The van der Waals surface area contributed by atoms with Crippen molar-refractivity contribution in [1.29, 1.82) is 0 Å². The second kappa shape index (κ2) is 5.88. The van der Waals surface area contributed by atoms with Crippen LogP contribution in [-0.2, 0) is 6.54 Å². The van der Waals surface area contributed by atoms with Crippen molar-refractivity contribution in [3.63, 3.8) is 0 Å². The molecule has 0 saturated carbocycles. The Hall–Kier alpha value is -2.02. The van der Waals surface area contributed by atoms with Gasteiger partial charge in [0.1, 0.15) is 29.6 Å². The van der Waals surface area contributed by atoms with E-state index in [4.69, 9.17) is 0 Å². The molecule has 1 aliphatic heterocycles. The van der Waals surface area contributed by atoms with Gasteiger partial charge in [-0.05, 0) is 38.7 Å². The highest BCUT2D eigenvalue weighted by molar-refractivity contribution is 7.18. The first kappa shape index (κ1) is 14.6. The fourth-order valence-corrected chi connectivity index (χ4v) is 4.39. The lowest BCUT2D eigenvalue weighted by atomic mass is 10.0. The summed E-state index contributed by atoms with van der Waals surface area (Å²) in [6, 6.07) is 0.406. The lowest BCUT2D eigenvalue weighted by molar-refractivity contribution is 0.397. The van der Waals surface area contributed by atoms with E-state index in [0.717, 1.165) is 30.2 Å². The van der Waals surface area contributed by atoms with Crippen molar-refractivity contribution in [3.8, 4) is 0 Å². The third-order valence-corrected chi connectivity index (χ3v) is 5.82. The van der Waals surface area contributed by atoms with Crippen LogP contribution >= 0.6 is 11.3 Å². The molecule has 0 radical (unpaired) electrons. The number of rotatable bonds is 3. The van der Waals surface area contributed by atoms with E-state index < -0.39 is 0 Å². The Morgan fingerprint density at radius 2 is 2.13 bits per heavy atom. The van der Waals surface area contributed by atoms with Gasteiger partial charge in [-0.1, -0.05) is 0 Å². The van der Waals surface area contributed by atoms with Crippen molar-refractivity contribution in [2.75, 3.05) is 11.4 Å². The molecule has 7 heteroatoms. The van der Waals surface area contributed by atoms with Gasteiger partial charge in [-0.3, -0.25) is 4.68 Å². The van der Waals surface area contributed by atoms with E-state index in [2.05, 4.69) is 38.8 Å². The highest BCUT2D eigenvalue weighted by atomic mass is 32.1. The third kappa shape index (κ3) is 2.59. The first-order chi connectivity index (χ1) is 11.2. The molecule has 4 rings (SSSR count). The van der Waals surface area contributed by atoms with Crippen LogP contribution in [0.5, 0.6) is 0 Å². The average Bonchev–Trinajstić information content (AvgIpc) is 3.17. The molecular formula is C16H20N6S. The lowest BCUT2D eigenvalue weighted by Crippen LogP contribution is -2.43. The number of aryl methyl sites for hydroxylation is 2. The summed E-state index contributed by atoms with van der Waals surface area (Å²) in [4.78, 5) is 18.1. The Labute approximate surface area is 139 Å². The molecule has 3 aromatic rings. The summed E-state index contributed by atoms with van der Waals surface area (Å²) in [7, 11) is 0. The summed E-state index contributed by atoms with van der Waals surface area (Å²) in [6.45, 7) is 6.24. The van der Waals surface area contributed by atoms with Crippen LogP contribution in [0, 0.1) is 13.8 Å². The predicted molar refractivity (Wildman–Crippen MR) is 91.9 cm³/mol. The molecule has 0 N–H and O–H groups in total. The number of piperidine rings is 1. The minimum atomic E-state index is 0.406. The van der Waals surface area contributed by atoms with E-state index in [0.29, 0.717) is 6.04 Å². The van der Waals surface area contributed by atoms with Crippen LogP contribution in [0.2, 0.25) is 0 Å². The smallest absolute Gasteiger partial charge is 0.141 e. The zero-order chi connectivity index (χ0) is 15.8. The Kier molecular flexibility index (Phi) is 3.72. The largest absolute Gasteiger partial charge is 0.351 e. The van der Waals surface area contributed by atoms with Gasteiger partial charge in [0.25, 0.3) is 0 Å². The molecule has 0 bridgehead atoms. The van der Waals surface area contributed by atoms with Crippen LogP contribution in [0.4, 0.5) is 5.82 Å². The van der Waals surface area contributed by atoms with Crippen molar-refractivity contribution in [3.05, 3.63) is 29.4 Å². The van der Waals surface area contributed by atoms with Crippen LogP contribution in [0.1, 0.15) is 29.7 Å². The second-order valence-corrected chi connectivity index (χ2v) is 7.32. The molecule has 1 saturated heterocycles. The van der Waals surface area contributed by atoms with Gasteiger partial charge in [0.2, 0.25) is 0 Å². The first-order valence-electron chi connectivity index (χ1n) is 8.04. The summed E-state index contributed by atoms with van der Waals surface area (Å²) < 4.78 is 1.92. The average molecular weight is 328 g/mol. The molecular weight excluding hydrogens is 308 g/mol. The normalized spacial score (nSPS) is 18.7. The lowest BCUT2D eigenvalue weighted by Gasteiger charge is -2.36. The molecule has 1 atom stereocenters. The van der Waals surface area contributed by atoms with E-state index >= 15 is 0 Å². The monoisotopic (exact) mass is 328 g/mol. The minimum absolute atomic E-state index is 0.406. The van der Waals surface area contributed by atoms with Crippen molar-refractivity contribution in [2.24, 2.45) is 0 Å². The molecule has 1 aliphatic rings.